The zero-order valence-electron chi connectivity index (χ0n) is 11.9. The molecule has 1 unspecified atom stereocenters. The van der Waals surface area contributed by atoms with Crippen molar-refractivity contribution < 1.29 is 0 Å². The lowest BCUT2D eigenvalue weighted by Gasteiger charge is -2.29. The quantitative estimate of drug-likeness (QED) is 0.645. The molecule has 0 aromatic carbocycles. The third kappa shape index (κ3) is 4.22. The molecule has 1 aromatic rings. The highest BCUT2D eigenvalue weighted by Gasteiger charge is 2.19. The number of aromatic nitrogens is 1. The molecule has 0 aliphatic carbocycles. The summed E-state index contributed by atoms with van der Waals surface area (Å²) in [6, 6.07) is 0.401. The molecule has 1 aromatic heterocycles. The summed E-state index contributed by atoms with van der Waals surface area (Å²) in [5, 5.41) is 3.27. The Balaban J connectivity index is 2.68. The van der Waals surface area contributed by atoms with Crippen LogP contribution in [0.15, 0.2) is 5.38 Å². The van der Waals surface area contributed by atoms with Crippen molar-refractivity contribution in [3.63, 3.8) is 0 Å². The SMILES string of the molecule is CCC(CC)CN(CC)C(C)c1nc(CCl)cs1. The molecule has 0 fully saturated rings. The molecule has 0 aliphatic rings. The Labute approximate surface area is 120 Å². The molecule has 1 rings (SSSR count). The first kappa shape index (κ1) is 15.9. The van der Waals surface area contributed by atoms with Gasteiger partial charge < -0.3 is 0 Å². The summed E-state index contributed by atoms with van der Waals surface area (Å²) in [5.74, 6) is 1.31. The van der Waals surface area contributed by atoms with E-state index in [1.165, 1.54) is 24.4 Å². The summed E-state index contributed by atoms with van der Waals surface area (Å²) in [5.41, 5.74) is 1.00. The first-order chi connectivity index (χ1) is 8.65. The van der Waals surface area contributed by atoms with E-state index in [1.54, 1.807) is 11.3 Å². The first-order valence-electron chi connectivity index (χ1n) is 6.90. The standard InChI is InChI=1S/C14H25ClN2S/c1-5-12(6-2)9-17(7-3)11(4)14-16-13(8-15)10-18-14/h10-12H,5-9H2,1-4H3. The van der Waals surface area contributed by atoms with Crippen LogP contribution in [-0.4, -0.2) is 23.0 Å². The van der Waals surface area contributed by atoms with Crippen LogP contribution in [0.25, 0.3) is 0 Å². The van der Waals surface area contributed by atoms with Crippen molar-refractivity contribution in [3.8, 4) is 0 Å². The van der Waals surface area contributed by atoms with Crippen LogP contribution in [0.4, 0.5) is 0 Å². The Bertz CT molecular complexity index is 336. The maximum Gasteiger partial charge on any atom is 0.110 e. The van der Waals surface area contributed by atoms with Gasteiger partial charge in [-0.1, -0.05) is 33.6 Å². The predicted octanol–water partition coefficient (Wildman–Crippen LogP) is 4.70. The lowest BCUT2D eigenvalue weighted by Crippen LogP contribution is -2.31. The minimum atomic E-state index is 0.401. The van der Waals surface area contributed by atoms with Crippen LogP contribution in [0.5, 0.6) is 0 Å². The van der Waals surface area contributed by atoms with Gasteiger partial charge in [0.25, 0.3) is 0 Å². The van der Waals surface area contributed by atoms with E-state index < -0.39 is 0 Å². The van der Waals surface area contributed by atoms with Crippen molar-refractivity contribution in [2.24, 2.45) is 5.92 Å². The summed E-state index contributed by atoms with van der Waals surface area (Å²) in [6.07, 6.45) is 2.51. The summed E-state index contributed by atoms with van der Waals surface area (Å²) in [6.45, 7) is 11.3. The van der Waals surface area contributed by atoms with Gasteiger partial charge in [-0.3, -0.25) is 4.90 Å². The molecule has 0 spiro atoms. The third-order valence-electron chi connectivity index (χ3n) is 3.67. The van der Waals surface area contributed by atoms with Gasteiger partial charge in [0.2, 0.25) is 0 Å². The fourth-order valence-electron chi connectivity index (χ4n) is 2.17. The summed E-state index contributed by atoms with van der Waals surface area (Å²) in [4.78, 5) is 7.12. The Morgan fingerprint density at radius 2 is 2.00 bits per heavy atom. The summed E-state index contributed by atoms with van der Waals surface area (Å²) >= 11 is 7.55. The Morgan fingerprint density at radius 1 is 1.33 bits per heavy atom. The molecule has 0 saturated heterocycles. The van der Waals surface area contributed by atoms with Gasteiger partial charge in [0.15, 0.2) is 0 Å². The number of hydrogen-bond acceptors (Lipinski definition) is 3. The molecule has 1 atom stereocenters. The zero-order valence-corrected chi connectivity index (χ0v) is 13.5. The Morgan fingerprint density at radius 3 is 2.44 bits per heavy atom. The third-order valence-corrected chi connectivity index (χ3v) is 5.00. The number of nitrogens with zero attached hydrogens (tertiary/aromatic N) is 2. The van der Waals surface area contributed by atoms with E-state index in [0.29, 0.717) is 11.9 Å². The van der Waals surface area contributed by atoms with Gasteiger partial charge in [0.05, 0.1) is 17.6 Å². The summed E-state index contributed by atoms with van der Waals surface area (Å²) < 4.78 is 0. The number of hydrogen-bond donors (Lipinski definition) is 0. The first-order valence-corrected chi connectivity index (χ1v) is 8.31. The van der Waals surface area contributed by atoms with E-state index in [4.69, 9.17) is 11.6 Å². The van der Waals surface area contributed by atoms with E-state index in [-0.39, 0.29) is 0 Å². The normalized spacial score (nSPS) is 13.5. The average Bonchev–Trinajstić information content (AvgIpc) is 2.88. The monoisotopic (exact) mass is 288 g/mol. The molecular weight excluding hydrogens is 264 g/mol. The van der Waals surface area contributed by atoms with Gasteiger partial charge in [0, 0.05) is 11.9 Å². The molecule has 0 aliphatic heterocycles. The molecule has 0 amide bonds. The molecule has 1 heterocycles. The molecule has 18 heavy (non-hydrogen) atoms. The fourth-order valence-corrected chi connectivity index (χ4v) is 3.31. The van der Waals surface area contributed by atoms with E-state index in [1.807, 2.05) is 0 Å². The lowest BCUT2D eigenvalue weighted by molar-refractivity contribution is 0.181. The van der Waals surface area contributed by atoms with Crippen molar-refractivity contribution in [2.75, 3.05) is 13.1 Å². The molecule has 0 N–H and O–H groups in total. The van der Waals surface area contributed by atoms with E-state index in [0.717, 1.165) is 18.2 Å². The van der Waals surface area contributed by atoms with Crippen LogP contribution in [0, 0.1) is 5.92 Å². The van der Waals surface area contributed by atoms with Crippen molar-refractivity contribution in [2.45, 2.75) is 52.5 Å². The number of thiazole rings is 1. The highest BCUT2D eigenvalue weighted by molar-refractivity contribution is 7.09. The van der Waals surface area contributed by atoms with Crippen LogP contribution in [0.1, 0.15) is 57.3 Å². The van der Waals surface area contributed by atoms with Crippen LogP contribution in [0.3, 0.4) is 0 Å². The van der Waals surface area contributed by atoms with Crippen molar-refractivity contribution >= 4 is 22.9 Å². The van der Waals surface area contributed by atoms with Crippen molar-refractivity contribution in [1.29, 1.82) is 0 Å². The maximum atomic E-state index is 5.82. The van der Waals surface area contributed by atoms with Crippen LogP contribution >= 0.6 is 22.9 Å². The average molecular weight is 289 g/mol. The van der Waals surface area contributed by atoms with Crippen LogP contribution in [0.2, 0.25) is 0 Å². The van der Waals surface area contributed by atoms with Gasteiger partial charge in [0.1, 0.15) is 5.01 Å². The minimum Gasteiger partial charge on any atom is -0.294 e. The molecular formula is C14H25ClN2S. The molecule has 4 heteroatoms. The van der Waals surface area contributed by atoms with Gasteiger partial charge in [-0.25, -0.2) is 4.98 Å². The second-order valence-electron chi connectivity index (χ2n) is 4.76. The van der Waals surface area contributed by atoms with Gasteiger partial charge in [-0.05, 0) is 19.4 Å². The lowest BCUT2D eigenvalue weighted by atomic mass is 10.0. The topological polar surface area (TPSA) is 16.1 Å². The second kappa shape index (κ2) is 8.13. The number of halogens is 1. The molecule has 0 bridgehead atoms. The highest BCUT2D eigenvalue weighted by Crippen LogP contribution is 2.26. The van der Waals surface area contributed by atoms with Gasteiger partial charge in [-0.2, -0.15) is 0 Å². The Hall–Kier alpha value is -0.120. The van der Waals surface area contributed by atoms with Crippen molar-refractivity contribution in [1.82, 2.24) is 9.88 Å². The van der Waals surface area contributed by atoms with Crippen molar-refractivity contribution in [3.05, 3.63) is 16.1 Å². The molecule has 2 nitrogen and oxygen atoms in total. The van der Waals surface area contributed by atoms with Gasteiger partial charge in [-0.15, -0.1) is 22.9 Å². The van der Waals surface area contributed by atoms with Crippen LogP contribution < -0.4 is 0 Å². The molecule has 0 saturated carbocycles. The van der Waals surface area contributed by atoms with E-state index in [9.17, 15) is 0 Å². The highest BCUT2D eigenvalue weighted by atomic mass is 35.5. The maximum absolute atomic E-state index is 5.82. The zero-order chi connectivity index (χ0) is 13.5. The second-order valence-corrected chi connectivity index (χ2v) is 5.91. The molecule has 104 valence electrons. The molecule has 0 radical (unpaired) electrons. The van der Waals surface area contributed by atoms with Crippen LogP contribution in [-0.2, 0) is 5.88 Å². The minimum absolute atomic E-state index is 0.401. The van der Waals surface area contributed by atoms with E-state index >= 15 is 0 Å². The Kier molecular flexibility index (Phi) is 7.20. The van der Waals surface area contributed by atoms with Gasteiger partial charge >= 0.3 is 0 Å². The summed E-state index contributed by atoms with van der Waals surface area (Å²) in [7, 11) is 0. The smallest absolute Gasteiger partial charge is 0.110 e. The fraction of sp³-hybridized carbons (Fsp3) is 0.786. The number of rotatable bonds is 8. The van der Waals surface area contributed by atoms with E-state index in [2.05, 4.69) is 43.0 Å². The predicted molar refractivity (Wildman–Crippen MR) is 81.4 cm³/mol. The number of alkyl halides is 1. The largest absolute Gasteiger partial charge is 0.294 e.